The molecule has 5 rings (SSSR count). The average molecular weight is 686 g/mol. The molecule has 3 fully saturated rings. The number of carbonyl (C=O) groups is 4. The van der Waals surface area contributed by atoms with Gasteiger partial charge in [0.2, 0.25) is 17.7 Å². The molecule has 268 valence electrons. The first kappa shape index (κ1) is 37.0. The molecule has 50 heavy (non-hydrogen) atoms. The molecule has 3 saturated heterocycles. The summed E-state index contributed by atoms with van der Waals surface area (Å²) in [5, 5.41) is 10.8. The van der Waals surface area contributed by atoms with E-state index >= 15 is 0 Å². The van der Waals surface area contributed by atoms with Crippen molar-refractivity contribution in [1.82, 2.24) is 14.7 Å². The van der Waals surface area contributed by atoms with Gasteiger partial charge in [-0.25, -0.2) is 0 Å². The minimum absolute atomic E-state index is 0.113. The molecule has 2 aromatic carbocycles. The molecule has 3 aliphatic rings. The number of benzene rings is 2. The number of esters is 1. The van der Waals surface area contributed by atoms with Crippen LogP contribution >= 0.6 is 0 Å². The zero-order valence-electron chi connectivity index (χ0n) is 29.9. The van der Waals surface area contributed by atoms with Crippen LogP contribution in [0.25, 0.3) is 0 Å². The van der Waals surface area contributed by atoms with Crippen LogP contribution in [-0.4, -0.2) is 93.0 Å². The Bertz CT molecular complexity index is 1570. The summed E-state index contributed by atoms with van der Waals surface area (Å²) in [6.07, 6.45) is 3.51. The van der Waals surface area contributed by atoms with Crippen LogP contribution in [0.3, 0.4) is 0 Å². The van der Waals surface area contributed by atoms with E-state index in [1.165, 1.54) is 4.90 Å². The van der Waals surface area contributed by atoms with E-state index in [4.69, 9.17) is 9.47 Å². The van der Waals surface area contributed by atoms with Gasteiger partial charge in [-0.1, -0.05) is 72.8 Å². The topological polar surface area (TPSA) is 117 Å². The fraction of sp³-hybridized carbons (Fsp3) is 0.500. The lowest BCUT2D eigenvalue weighted by Gasteiger charge is -2.43. The number of nitrogens with zero attached hydrogens (tertiary/aromatic N) is 3. The van der Waals surface area contributed by atoms with E-state index in [2.05, 4.69) is 13.2 Å². The lowest BCUT2D eigenvalue weighted by molar-refractivity contribution is -0.165. The van der Waals surface area contributed by atoms with E-state index in [-0.39, 0.29) is 24.8 Å². The number of carbonyl (C=O) groups excluding carboxylic acids is 4. The first-order valence-corrected chi connectivity index (χ1v) is 17.5. The minimum atomic E-state index is -1.30. The van der Waals surface area contributed by atoms with Crippen LogP contribution in [0.2, 0.25) is 0 Å². The Morgan fingerprint density at radius 1 is 1.06 bits per heavy atom. The number of amides is 3. The van der Waals surface area contributed by atoms with Crippen molar-refractivity contribution in [3.05, 3.63) is 97.1 Å². The van der Waals surface area contributed by atoms with Gasteiger partial charge in [0.25, 0.3) is 0 Å². The van der Waals surface area contributed by atoms with Crippen molar-refractivity contribution in [2.45, 2.75) is 94.9 Å². The third-order valence-corrected chi connectivity index (χ3v) is 10.7. The third-order valence-electron chi connectivity index (χ3n) is 10.7. The summed E-state index contributed by atoms with van der Waals surface area (Å²) in [5.41, 5.74) is -0.558. The van der Waals surface area contributed by atoms with Crippen LogP contribution in [0.1, 0.15) is 76.7 Å². The van der Waals surface area contributed by atoms with Gasteiger partial charge < -0.3 is 29.3 Å². The molecule has 0 unspecified atom stereocenters. The smallest absolute Gasteiger partial charge is 0.313 e. The number of fused-ring (bicyclic) bond motifs is 1. The number of likely N-dealkylation sites (N-methyl/N-ethyl adjacent to an activating group) is 1. The van der Waals surface area contributed by atoms with E-state index in [9.17, 15) is 24.3 Å². The van der Waals surface area contributed by atoms with Crippen molar-refractivity contribution in [1.29, 1.82) is 0 Å². The number of rotatable bonds is 14. The SMILES string of the molecule is C=CCCC(=O)N(C)[C@@H](C)[C@@H](OC(=O)[C@@H]1[C@@H]2CC[C@]3(O2)[C@H](C(=O)N(CC=C)C(C)(C)C)N([C@H](CO)c2ccccc2)C(=O)[C@@H]13)c1ccccc1. The van der Waals surface area contributed by atoms with Crippen LogP contribution in [-0.2, 0) is 28.7 Å². The van der Waals surface area contributed by atoms with Crippen molar-refractivity contribution in [2.24, 2.45) is 11.8 Å². The van der Waals surface area contributed by atoms with Crippen molar-refractivity contribution in [3.63, 3.8) is 0 Å². The monoisotopic (exact) mass is 685 g/mol. The Labute approximate surface area is 295 Å². The molecule has 3 heterocycles. The van der Waals surface area contributed by atoms with Gasteiger partial charge in [-0.2, -0.15) is 0 Å². The van der Waals surface area contributed by atoms with E-state index < -0.39 is 71.8 Å². The van der Waals surface area contributed by atoms with Crippen LogP contribution < -0.4 is 0 Å². The summed E-state index contributed by atoms with van der Waals surface area (Å²) in [6.45, 7) is 15.0. The molecule has 2 aromatic rings. The zero-order chi connectivity index (χ0) is 36.4. The molecule has 3 aliphatic heterocycles. The Balaban J connectivity index is 1.55. The number of hydrogen-bond acceptors (Lipinski definition) is 7. The number of aliphatic hydroxyl groups is 1. The van der Waals surface area contributed by atoms with Gasteiger partial charge in [0, 0.05) is 25.6 Å². The highest BCUT2D eigenvalue weighted by molar-refractivity contribution is 5.98. The van der Waals surface area contributed by atoms with Crippen molar-refractivity contribution in [2.75, 3.05) is 20.2 Å². The van der Waals surface area contributed by atoms with Gasteiger partial charge in [0.05, 0.1) is 36.6 Å². The molecule has 10 nitrogen and oxygen atoms in total. The number of aliphatic hydroxyl groups excluding tert-OH is 1. The molecule has 0 aliphatic carbocycles. The lowest BCUT2D eigenvalue weighted by atomic mass is 9.70. The third kappa shape index (κ3) is 6.63. The summed E-state index contributed by atoms with van der Waals surface area (Å²) in [6, 6.07) is 15.9. The Morgan fingerprint density at radius 3 is 2.24 bits per heavy atom. The molecule has 0 aromatic heterocycles. The zero-order valence-corrected chi connectivity index (χ0v) is 29.9. The maximum Gasteiger partial charge on any atom is 0.313 e. The second-order valence-corrected chi connectivity index (χ2v) is 14.7. The summed E-state index contributed by atoms with van der Waals surface area (Å²) >= 11 is 0. The van der Waals surface area contributed by atoms with Crippen LogP contribution in [0.5, 0.6) is 0 Å². The summed E-state index contributed by atoms with van der Waals surface area (Å²) in [4.78, 5) is 62.0. The quantitative estimate of drug-likeness (QED) is 0.220. The summed E-state index contributed by atoms with van der Waals surface area (Å²) < 4.78 is 13.1. The highest BCUT2D eigenvalue weighted by atomic mass is 16.6. The number of ether oxygens (including phenoxy) is 2. The molecule has 10 heteroatoms. The molecule has 0 saturated carbocycles. The van der Waals surface area contributed by atoms with Crippen molar-refractivity contribution < 1.29 is 33.8 Å². The summed E-state index contributed by atoms with van der Waals surface area (Å²) in [7, 11) is 1.69. The largest absolute Gasteiger partial charge is 0.455 e. The van der Waals surface area contributed by atoms with E-state index in [1.54, 1.807) is 29.0 Å². The van der Waals surface area contributed by atoms with Gasteiger partial charge >= 0.3 is 5.97 Å². The molecular formula is C40H51N3O7. The highest BCUT2D eigenvalue weighted by Gasteiger charge is 2.76. The van der Waals surface area contributed by atoms with Gasteiger partial charge in [-0.3, -0.25) is 19.2 Å². The first-order valence-electron chi connectivity index (χ1n) is 17.5. The van der Waals surface area contributed by atoms with Crippen LogP contribution in [0.15, 0.2) is 86.0 Å². The Hall–Kier alpha value is -4.28. The Kier molecular flexibility index (Phi) is 11.0. The molecule has 0 radical (unpaired) electrons. The predicted molar refractivity (Wildman–Crippen MR) is 189 cm³/mol. The fourth-order valence-corrected chi connectivity index (χ4v) is 8.10. The van der Waals surface area contributed by atoms with Crippen molar-refractivity contribution in [3.8, 4) is 0 Å². The normalized spacial score (nSPS) is 25.7. The highest BCUT2D eigenvalue weighted by Crippen LogP contribution is 2.60. The lowest BCUT2D eigenvalue weighted by Crippen LogP contribution is -2.60. The van der Waals surface area contributed by atoms with E-state index in [0.717, 1.165) is 0 Å². The molecule has 2 bridgehead atoms. The number of likely N-dealkylation sites (tertiary alicyclic amines) is 1. The first-order chi connectivity index (χ1) is 23.8. The summed E-state index contributed by atoms with van der Waals surface area (Å²) in [5.74, 6) is -3.48. The average Bonchev–Trinajstić information content (AvgIpc) is 3.75. The second kappa shape index (κ2) is 14.9. The van der Waals surface area contributed by atoms with Crippen LogP contribution in [0, 0.1) is 11.8 Å². The van der Waals surface area contributed by atoms with Gasteiger partial charge in [-0.05, 0) is 58.1 Å². The molecule has 1 spiro atoms. The minimum Gasteiger partial charge on any atom is -0.455 e. The van der Waals surface area contributed by atoms with Gasteiger partial charge in [-0.15, -0.1) is 13.2 Å². The number of hydrogen-bond donors (Lipinski definition) is 1. The molecule has 1 N–H and O–H groups in total. The molecule has 3 amide bonds. The van der Waals surface area contributed by atoms with Gasteiger partial charge in [0.1, 0.15) is 17.7 Å². The molecule has 8 atom stereocenters. The maximum absolute atomic E-state index is 14.9. The van der Waals surface area contributed by atoms with E-state index in [0.29, 0.717) is 30.4 Å². The van der Waals surface area contributed by atoms with Crippen LogP contribution in [0.4, 0.5) is 0 Å². The van der Waals surface area contributed by atoms with Gasteiger partial charge in [0.15, 0.2) is 0 Å². The predicted octanol–water partition coefficient (Wildman–Crippen LogP) is 5.01. The van der Waals surface area contributed by atoms with Crippen molar-refractivity contribution >= 4 is 23.7 Å². The maximum atomic E-state index is 14.9. The standard InChI is InChI=1S/C40H51N3O7/c1-8-10-21-31(45)41(7)26(3)34(28-19-15-12-16-20-28)49-38(48)32-30-22-23-40(50-30)33(32)36(46)43(29(25-44)27-17-13-11-14-18-27)35(40)37(47)42(24-9-2)39(4,5)6/h8-9,11-20,26,29-30,32-35,44H,1-2,10,21-25H2,3-7H3/t26-,29+,30-,32+,33+,34+,35-,40+/m0/s1. The fourth-order valence-electron chi connectivity index (χ4n) is 8.10. The second-order valence-electron chi connectivity index (χ2n) is 14.7. The molecular weight excluding hydrogens is 634 g/mol. The van der Waals surface area contributed by atoms with E-state index in [1.807, 2.05) is 88.4 Å². The Morgan fingerprint density at radius 2 is 1.68 bits per heavy atom. The number of allylic oxidation sites excluding steroid dienone is 1.